The molecule has 0 spiro atoms. The SMILES string of the molecule is C=C(c1cn(C(c2ccccc2)(c2ccccc2)c2ccccc2)cn1)c1cccc2cc(F)oc12. The van der Waals surface area contributed by atoms with Gasteiger partial charge in [-0.3, -0.25) is 0 Å². The topological polar surface area (TPSA) is 31.0 Å². The second-order valence-electron chi connectivity index (χ2n) is 8.73. The highest BCUT2D eigenvalue weighted by molar-refractivity contribution is 5.93. The summed E-state index contributed by atoms with van der Waals surface area (Å²) in [4.78, 5) is 4.78. The summed E-state index contributed by atoms with van der Waals surface area (Å²) in [6.07, 6.45) is 3.85. The molecule has 0 aliphatic rings. The fourth-order valence-corrected chi connectivity index (χ4v) is 5.05. The Kier molecular flexibility index (Phi) is 5.34. The van der Waals surface area contributed by atoms with E-state index in [1.165, 1.54) is 6.07 Å². The van der Waals surface area contributed by atoms with Gasteiger partial charge < -0.3 is 8.98 Å². The van der Waals surface area contributed by atoms with E-state index in [4.69, 9.17) is 9.40 Å². The van der Waals surface area contributed by atoms with Crippen LogP contribution in [0.25, 0.3) is 16.5 Å². The predicted octanol–water partition coefficient (Wildman–Crippen LogP) is 7.67. The second-order valence-corrected chi connectivity index (χ2v) is 8.73. The molecule has 0 N–H and O–H groups in total. The molecule has 2 aromatic heterocycles. The molecule has 0 unspecified atom stereocenters. The normalized spacial score (nSPS) is 11.6. The molecule has 0 atom stereocenters. The first-order valence-corrected chi connectivity index (χ1v) is 11.8. The molecule has 0 saturated carbocycles. The van der Waals surface area contributed by atoms with E-state index in [0.717, 1.165) is 16.7 Å². The highest BCUT2D eigenvalue weighted by atomic mass is 19.1. The third kappa shape index (κ3) is 3.46. The number of rotatable bonds is 6. The van der Waals surface area contributed by atoms with Gasteiger partial charge in [-0.05, 0) is 16.7 Å². The van der Waals surface area contributed by atoms with Crippen LogP contribution in [-0.4, -0.2) is 9.55 Å². The van der Waals surface area contributed by atoms with Crippen LogP contribution in [0.5, 0.6) is 0 Å². The van der Waals surface area contributed by atoms with E-state index in [9.17, 15) is 4.39 Å². The molecule has 0 amide bonds. The number of imidazole rings is 1. The summed E-state index contributed by atoms with van der Waals surface area (Å²) in [5.74, 6) is 0. The van der Waals surface area contributed by atoms with Gasteiger partial charge in [0.05, 0.1) is 12.0 Å². The van der Waals surface area contributed by atoms with E-state index in [-0.39, 0.29) is 0 Å². The van der Waals surface area contributed by atoms with Gasteiger partial charge in [0.2, 0.25) is 0 Å². The molecule has 6 aromatic rings. The lowest BCUT2D eigenvalue weighted by molar-refractivity contribution is 0.380. The zero-order valence-electron chi connectivity index (χ0n) is 19.5. The summed E-state index contributed by atoms with van der Waals surface area (Å²) < 4.78 is 21.4. The van der Waals surface area contributed by atoms with Gasteiger partial charge in [0.25, 0.3) is 6.01 Å². The predicted molar refractivity (Wildman–Crippen MR) is 141 cm³/mol. The number of benzene rings is 4. The summed E-state index contributed by atoms with van der Waals surface area (Å²) in [6, 6.07) is 37.6. The average Bonchev–Trinajstić information content (AvgIpc) is 3.57. The summed E-state index contributed by atoms with van der Waals surface area (Å²) in [6.45, 7) is 4.31. The molecular weight excluding hydrogens is 447 g/mol. The molecule has 0 radical (unpaired) electrons. The first-order chi connectivity index (χ1) is 17.7. The van der Waals surface area contributed by atoms with Gasteiger partial charge in [-0.2, -0.15) is 4.39 Å². The number of hydrogen-bond donors (Lipinski definition) is 0. The third-order valence-electron chi connectivity index (χ3n) is 6.69. The van der Waals surface area contributed by atoms with Crippen molar-refractivity contribution in [1.29, 1.82) is 0 Å². The minimum Gasteiger partial charge on any atom is -0.430 e. The van der Waals surface area contributed by atoms with Crippen molar-refractivity contribution in [1.82, 2.24) is 9.55 Å². The largest absolute Gasteiger partial charge is 0.430 e. The van der Waals surface area contributed by atoms with Crippen molar-refractivity contribution in [3.63, 3.8) is 0 Å². The Labute approximate surface area is 208 Å². The Hall–Kier alpha value is -4.70. The zero-order valence-corrected chi connectivity index (χ0v) is 19.5. The number of furan rings is 1. The number of aromatic nitrogens is 2. The molecule has 4 heteroatoms. The monoisotopic (exact) mass is 470 g/mol. The van der Waals surface area contributed by atoms with E-state index in [0.29, 0.717) is 27.8 Å². The zero-order chi connectivity index (χ0) is 24.5. The van der Waals surface area contributed by atoms with Crippen LogP contribution >= 0.6 is 0 Å². The van der Waals surface area contributed by atoms with Gasteiger partial charge in [-0.15, -0.1) is 0 Å². The number of halogens is 1. The Balaban J connectivity index is 1.57. The number of nitrogens with zero attached hydrogens (tertiary/aromatic N) is 2. The van der Waals surface area contributed by atoms with Crippen LogP contribution in [-0.2, 0) is 5.54 Å². The minimum absolute atomic E-state index is 0.468. The molecule has 2 heterocycles. The van der Waals surface area contributed by atoms with Crippen LogP contribution in [0.15, 0.2) is 139 Å². The van der Waals surface area contributed by atoms with E-state index >= 15 is 0 Å². The summed E-state index contributed by atoms with van der Waals surface area (Å²) in [7, 11) is 0. The maximum absolute atomic E-state index is 13.9. The molecule has 6 rings (SSSR count). The van der Waals surface area contributed by atoms with Crippen molar-refractivity contribution in [2.24, 2.45) is 0 Å². The average molecular weight is 471 g/mol. The van der Waals surface area contributed by atoms with Crippen LogP contribution < -0.4 is 0 Å². The minimum atomic E-state index is -0.669. The van der Waals surface area contributed by atoms with Gasteiger partial charge in [0, 0.05) is 28.8 Å². The van der Waals surface area contributed by atoms with Gasteiger partial charge in [0.15, 0.2) is 0 Å². The van der Waals surface area contributed by atoms with Crippen LogP contribution in [0.1, 0.15) is 27.9 Å². The highest BCUT2D eigenvalue weighted by Gasteiger charge is 2.38. The molecule has 0 saturated heterocycles. The van der Waals surface area contributed by atoms with Gasteiger partial charge in [-0.1, -0.05) is 116 Å². The van der Waals surface area contributed by atoms with Crippen molar-refractivity contribution in [2.75, 3.05) is 0 Å². The molecule has 174 valence electrons. The molecule has 0 aliphatic heterocycles. The van der Waals surface area contributed by atoms with Crippen molar-refractivity contribution in [3.05, 3.63) is 168 Å². The lowest BCUT2D eigenvalue weighted by Gasteiger charge is -2.37. The highest BCUT2D eigenvalue weighted by Crippen LogP contribution is 2.41. The van der Waals surface area contributed by atoms with Gasteiger partial charge in [-0.25, -0.2) is 4.98 Å². The quantitative estimate of drug-likeness (QED) is 0.234. The molecule has 0 fully saturated rings. The smallest absolute Gasteiger partial charge is 0.278 e. The van der Waals surface area contributed by atoms with Crippen molar-refractivity contribution < 1.29 is 8.81 Å². The fourth-order valence-electron chi connectivity index (χ4n) is 5.05. The van der Waals surface area contributed by atoms with Gasteiger partial charge in [0.1, 0.15) is 11.1 Å². The summed E-state index contributed by atoms with van der Waals surface area (Å²) in [5.41, 5.74) is 5.18. The van der Waals surface area contributed by atoms with Crippen LogP contribution in [0.3, 0.4) is 0 Å². The Bertz CT molecular complexity index is 1550. The number of fused-ring (bicyclic) bond motifs is 1. The fraction of sp³-hybridized carbons (Fsp3) is 0.0312. The van der Waals surface area contributed by atoms with E-state index in [1.54, 1.807) is 0 Å². The first kappa shape index (κ1) is 21.8. The van der Waals surface area contributed by atoms with E-state index in [2.05, 4.69) is 83.9 Å². The molecule has 36 heavy (non-hydrogen) atoms. The van der Waals surface area contributed by atoms with Crippen LogP contribution in [0.2, 0.25) is 0 Å². The van der Waals surface area contributed by atoms with E-state index < -0.39 is 11.6 Å². The first-order valence-electron chi connectivity index (χ1n) is 11.8. The molecular formula is C32H23FN2O. The lowest BCUT2D eigenvalue weighted by atomic mass is 9.77. The molecule has 4 aromatic carbocycles. The van der Waals surface area contributed by atoms with Crippen LogP contribution in [0.4, 0.5) is 4.39 Å². The molecule has 0 bridgehead atoms. The third-order valence-corrected chi connectivity index (χ3v) is 6.69. The van der Waals surface area contributed by atoms with Crippen molar-refractivity contribution in [2.45, 2.75) is 5.54 Å². The van der Waals surface area contributed by atoms with Gasteiger partial charge >= 0.3 is 0 Å². The number of hydrogen-bond acceptors (Lipinski definition) is 2. The second kappa shape index (κ2) is 8.82. The standard InChI is InChI=1S/C32H23FN2O/c1-23(28-19-11-12-24-20-30(33)36-31(24)28)29-21-35(22-34-29)32(25-13-5-2-6-14-25,26-15-7-3-8-16-26)27-17-9-4-10-18-27/h2-22H,1H2. The maximum Gasteiger partial charge on any atom is 0.278 e. The van der Waals surface area contributed by atoms with E-state index in [1.807, 2.05) is 48.9 Å². The van der Waals surface area contributed by atoms with Crippen LogP contribution in [0, 0.1) is 6.01 Å². The molecule has 0 aliphatic carbocycles. The Morgan fingerprint density at radius 2 is 1.31 bits per heavy atom. The lowest BCUT2D eigenvalue weighted by Crippen LogP contribution is -2.36. The Morgan fingerprint density at radius 3 is 1.86 bits per heavy atom. The summed E-state index contributed by atoms with van der Waals surface area (Å²) in [5, 5.41) is 0.692. The molecule has 3 nitrogen and oxygen atoms in total. The van der Waals surface area contributed by atoms with Crippen molar-refractivity contribution >= 4 is 16.5 Å². The maximum atomic E-state index is 13.9. The summed E-state index contributed by atoms with van der Waals surface area (Å²) >= 11 is 0. The number of para-hydroxylation sites is 1. The Morgan fingerprint density at radius 1 is 0.750 bits per heavy atom. The van der Waals surface area contributed by atoms with Crippen molar-refractivity contribution in [3.8, 4) is 0 Å².